The number of carbonyl (C=O) groups is 2. The van der Waals surface area contributed by atoms with E-state index < -0.39 is 11.9 Å². The molecule has 1 heterocycles. The van der Waals surface area contributed by atoms with Crippen LogP contribution in [0.5, 0.6) is 0 Å². The Morgan fingerprint density at radius 1 is 1.50 bits per heavy atom. The summed E-state index contributed by atoms with van der Waals surface area (Å²) in [4.78, 5) is 21.1. The molecule has 1 fully saturated rings. The summed E-state index contributed by atoms with van der Waals surface area (Å²) in [5.41, 5.74) is -0.0480. The second-order valence-corrected chi connectivity index (χ2v) is 3.43. The molecule has 5 nitrogen and oxygen atoms in total. The summed E-state index contributed by atoms with van der Waals surface area (Å²) in [5, 5.41) is 8.33. The molecule has 0 aromatic heterocycles. The molecule has 0 amide bonds. The standard InChI is InChI=1S/C8H10O5.C3H8/c1-5(2-7(9)10)8(11)13-4-6-3-12-6;1-3-2/h6H,1-4H2,(H,9,10);3H2,1-2H3. The van der Waals surface area contributed by atoms with E-state index in [1.165, 1.54) is 6.42 Å². The number of rotatable bonds is 5. The van der Waals surface area contributed by atoms with Crippen LogP contribution in [0.2, 0.25) is 0 Å². The fraction of sp³-hybridized carbons (Fsp3) is 0.636. The Kier molecular flexibility index (Phi) is 7.20. The topological polar surface area (TPSA) is 76.1 Å². The van der Waals surface area contributed by atoms with E-state index in [0.29, 0.717) is 6.61 Å². The van der Waals surface area contributed by atoms with Crippen molar-refractivity contribution in [2.24, 2.45) is 0 Å². The van der Waals surface area contributed by atoms with E-state index in [1.807, 2.05) is 0 Å². The predicted octanol–water partition coefficient (Wildman–Crippen LogP) is 1.38. The van der Waals surface area contributed by atoms with E-state index in [2.05, 4.69) is 20.4 Å². The van der Waals surface area contributed by atoms with Gasteiger partial charge in [-0.3, -0.25) is 4.79 Å². The minimum atomic E-state index is -1.09. The fourth-order valence-corrected chi connectivity index (χ4v) is 0.690. The van der Waals surface area contributed by atoms with Gasteiger partial charge in [-0.05, 0) is 0 Å². The zero-order chi connectivity index (χ0) is 12.6. The highest BCUT2D eigenvalue weighted by Gasteiger charge is 2.24. The second-order valence-electron chi connectivity index (χ2n) is 3.43. The lowest BCUT2D eigenvalue weighted by atomic mass is 10.2. The zero-order valence-electron chi connectivity index (χ0n) is 9.69. The van der Waals surface area contributed by atoms with Crippen LogP contribution >= 0.6 is 0 Å². The lowest BCUT2D eigenvalue weighted by Gasteiger charge is -2.02. The minimum Gasteiger partial charge on any atom is -0.481 e. The molecule has 16 heavy (non-hydrogen) atoms. The molecule has 5 heteroatoms. The normalized spacial score (nSPS) is 16.8. The molecular weight excluding hydrogens is 212 g/mol. The first-order chi connectivity index (χ1) is 7.51. The van der Waals surface area contributed by atoms with Crippen molar-refractivity contribution in [1.29, 1.82) is 0 Å². The molecule has 1 saturated heterocycles. The predicted molar refractivity (Wildman–Crippen MR) is 58.1 cm³/mol. The van der Waals surface area contributed by atoms with E-state index >= 15 is 0 Å². The average Bonchev–Trinajstić information content (AvgIpc) is 2.97. The van der Waals surface area contributed by atoms with Gasteiger partial charge in [0.05, 0.1) is 13.0 Å². The van der Waals surface area contributed by atoms with Crippen LogP contribution in [0.25, 0.3) is 0 Å². The summed E-state index contributed by atoms with van der Waals surface area (Å²) in [7, 11) is 0. The van der Waals surface area contributed by atoms with Crippen LogP contribution in [0.1, 0.15) is 26.7 Å². The first-order valence-electron chi connectivity index (χ1n) is 5.19. The Labute approximate surface area is 95.0 Å². The van der Waals surface area contributed by atoms with Crippen LogP contribution in [-0.2, 0) is 19.1 Å². The van der Waals surface area contributed by atoms with Gasteiger partial charge in [0.15, 0.2) is 0 Å². The van der Waals surface area contributed by atoms with Crippen molar-refractivity contribution in [2.75, 3.05) is 13.2 Å². The van der Waals surface area contributed by atoms with Gasteiger partial charge in [0.25, 0.3) is 0 Å². The van der Waals surface area contributed by atoms with Crippen LogP contribution < -0.4 is 0 Å². The number of epoxide rings is 1. The average molecular weight is 230 g/mol. The molecule has 92 valence electrons. The maximum Gasteiger partial charge on any atom is 0.334 e. The monoisotopic (exact) mass is 230 g/mol. The molecule has 0 aromatic carbocycles. The molecule has 1 aliphatic rings. The van der Waals surface area contributed by atoms with Gasteiger partial charge in [-0.15, -0.1) is 0 Å². The van der Waals surface area contributed by atoms with Gasteiger partial charge in [-0.25, -0.2) is 4.79 Å². The Hall–Kier alpha value is -1.36. The third kappa shape index (κ3) is 7.99. The number of carboxylic acid groups (broad SMARTS) is 1. The molecule has 1 atom stereocenters. The number of hydrogen-bond acceptors (Lipinski definition) is 4. The second kappa shape index (κ2) is 7.87. The van der Waals surface area contributed by atoms with Crippen LogP contribution in [-0.4, -0.2) is 36.4 Å². The molecule has 0 radical (unpaired) electrons. The fourth-order valence-electron chi connectivity index (χ4n) is 0.690. The third-order valence-electron chi connectivity index (χ3n) is 1.46. The Morgan fingerprint density at radius 2 is 2.00 bits per heavy atom. The summed E-state index contributed by atoms with van der Waals surface area (Å²) in [6, 6.07) is 0. The molecule has 0 bridgehead atoms. The van der Waals surface area contributed by atoms with Crippen molar-refractivity contribution in [1.82, 2.24) is 0 Å². The summed E-state index contributed by atoms with van der Waals surface area (Å²) in [6.07, 6.45) is 0.853. The zero-order valence-corrected chi connectivity index (χ0v) is 9.69. The van der Waals surface area contributed by atoms with Gasteiger partial charge in [0.1, 0.15) is 12.7 Å². The Morgan fingerprint density at radius 3 is 2.38 bits per heavy atom. The number of carboxylic acids is 1. The van der Waals surface area contributed by atoms with Crippen molar-refractivity contribution in [3.8, 4) is 0 Å². The van der Waals surface area contributed by atoms with Crippen LogP contribution in [0, 0.1) is 0 Å². The molecule has 1 rings (SSSR count). The highest BCUT2D eigenvalue weighted by molar-refractivity contribution is 5.92. The molecule has 0 saturated carbocycles. The van der Waals surface area contributed by atoms with E-state index in [9.17, 15) is 9.59 Å². The number of ether oxygens (including phenoxy) is 2. The van der Waals surface area contributed by atoms with E-state index in [1.54, 1.807) is 0 Å². The van der Waals surface area contributed by atoms with Crippen molar-refractivity contribution in [3.63, 3.8) is 0 Å². The number of aliphatic carboxylic acids is 1. The SMILES string of the molecule is C=C(CC(=O)O)C(=O)OCC1CO1.CCC. The minimum absolute atomic E-state index is 0.0124. The van der Waals surface area contributed by atoms with Gasteiger partial charge in [0.2, 0.25) is 0 Å². The molecular formula is C11H18O5. The van der Waals surface area contributed by atoms with Crippen molar-refractivity contribution in [3.05, 3.63) is 12.2 Å². The summed E-state index contributed by atoms with van der Waals surface area (Å²) in [6.45, 7) is 8.32. The quantitative estimate of drug-likeness (QED) is 0.438. The molecule has 0 aliphatic carbocycles. The third-order valence-corrected chi connectivity index (χ3v) is 1.46. The first-order valence-corrected chi connectivity index (χ1v) is 5.19. The maximum atomic E-state index is 11.0. The summed E-state index contributed by atoms with van der Waals surface area (Å²) < 4.78 is 9.50. The summed E-state index contributed by atoms with van der Waals surface area (Å²) >= 11 is 0. The lowest BCUT2D eigenvalue weighted by Crippen LogP contribution is -2.13. The van der Waals surface area contributed by atoms with Gasteiger partial charge in [0, 0.05) is 5.57 Å². The maximum absolute atomic E-state index is 11.0. The first kappa shape index (κ1) is 14.6. The van der Waals surface area contributed by atoms with Gasteiger partial charge >= 0.3 is 11.9 Å². The van der Waals surface area contributed by atoms with E-state index in [0.717, 1.165) is 0 Å². The lowest BCUT2D eigenvalue weighted by molar-refractivity contribution is -0.143. The Bertz CT molecular complexity index is 255. The number of hydrogen-bond donors (Lipinski definition) is 1. The van der Waals surface area contributed by atoms with Crippen LogP contribution in [0.15, 0.2) is 12.2 Å². The van der Waals surface area contributed by atoms with Crippen LogP contribution in [0.3, 0.4) is 0 Å². The van der Waals surface area contributed by atoms with Gasteiger partial charge in [-0.1, -0.05) is 26.8 Å². The van der Waals surface area contributed by atoms with Gasteiger partial charge in [-0.2, -0.15) is 0 Å². The molecule has 1 aliphatic heterocycles. The number of carbonyl (C=O) groups excluding carboxylic acids is 1. The smallest absolute Gasteiger partial charge is 0.334 e. The van der Waals surface area contributed by atoms with Crippen molar-refractivity contribution in [2.45, 2.75) is 32.8 Å². The largest absolute Gasteiger partial charge is 0.481 e. The highest BCUT2D eigenvalue weighted by atomic mass is 16.6. The van der Waals surface area contributed by atoms with Gasteiger partial charge < -0.3 is 14.6 Å². The van der Waals surface area contributed by atoms with Crippen LogP contribution in [0.4, 0.5) is 0 Å². The molecule has 1 unspecified atom stereocenters. The molecule has 1 N–H and O–H groups in total. The molecule has 0 spiro atoms. The van der Waals surface area contributed by atoms with Crippen molar-refractivity contribution >= 4 is 11.9 Å². The Balaban J connectivity index is 0.000000673. The van der Waals surface area contributed by atoms with E-state index in [4.69, 9.17) is 14.6 Å². The molecule has 0 aromatic rings. The highest BCUT2D eigenvalue weighted by Crippen LogP contribution is 2.10. The van der Waals surface area contributed by atoms with E-state index in [-0.39, 0.29) is 24.7 Å². The summed E-state index contributed by atoms with van der Waals surface area (Å²) in [5.74, 6) is -1.76. The van der Waals surface area contributed by atoms with Crippen molar-refractivity contribution < 1.29 is 24.2 Å². The number of esters is 1.